The number of aryl methyl sites for hydroxylation is 1. The Morgan fingerprint density at radius 3 is 2.21 bits per heavy atom. The molecule has 0 heterocycles. The van der Waals surface area contributed by atoms with Crippen molar-refractivity contribution in [3.63, 3.8) is 0 Å². The highest BCUT2D eigenvalue weighted by atomic mass is 35.5. The summed E-state index contributed by atoms with van der Waals surface area (Å²) in [6.07, 6.45) is 2.43. The smallest absolute Gasteiger partial charge is 0.141 e. The van der Waals surface area contributed by atoms with E-state index < -0.39 is 0 Å². The first-order valence-electron chi connectivity index (χ1n) is 9.31. The molecule has 0 bridgehead atoms. The number of rotatable bonds is 11. The van der Waals surface area contributed by atoms with Gasteiger partial charge in [0.25, 0.3) is 0 Å². The molecule has 2 aromatic carbocycles. The molecule has 7 heteroatoms. The molecule has 0 N–H and O–H groups in total. The quantitative estimate of drug-likeness (QED) is 0.340. The maximum Gasteiger partial charge on any atom is 0.141 e. The fourth-order valence-electron chi connectivity index (χ4n) is 2.48. The van der Waals surface area contributed by atoms with E-state index in [-0.39, 0.29) is 17.2 Å². The lowest BCUT2D eigenvalue weighted by atomic mass is 10.2. The molecule has 0 spiro atoms. The summed E-state index contributed by atoms with van der Waals surface area (Å²) >= 11 is 17.4. The van der Waals surface area contributed by atoms with Gasteiger partial charge in [0.1, 0.15) is 34.1 Å². The van der Waals surface area contributed by atoms with E-state index in [1.807, 2.05) is 51.1 Å². The summed E-state index contributed by atoms with van der Waals surface area (Å²) in [5.41, 5.74) is 0.884. The minimum absolute atomic E-state index is 0.149. The lowest BCUT2D eigenvalue weighted by molar-refractivity contribution is 0.238. The number of benzene rings is 2. The summed E-state index contributed by atoms with van der Waals surface area (Å²) < 4.78 is 22.9. The Morgan fingerprint density at radius 1 is 0.931 bits per heavy atom. The first-order valence-corrected chi connectivity index (χ1v) is 10.4. The van der Waals surface area contributed by atoms with Crippen LogP contribution < -0.4 is 18.9 Å². The molecule has 4 nitrogen and oxygen atoms in total. The fraction of sp³-hybridized carbons (Fsp3) is 0.364. The molecule has 0 radical (unpaired) electrons. The van der Waals surface area contributed by atoms with Crippen LogP contribution in [-0.4, -0.2) is 25.9 Å². The van der Waals surface area contributed by atoms with E-state index >= 15 is 0 Å². The van der Waals surface area contributed by atoms with Gasteiger partial charge in [0, 0.05) is 12.5 Å². The molecule has 29 heavy (non-hydrogen) atoms. The van der Waals surface area contributed by atoms with Gasteiger partial charge < -0.3 is 18.9 Å². The Hall–Kier alpha value is -1.75. The summed E-state index contributed by atoms with van der Waals surface area (Å²) in [6.45, 7) is 7.19. The molecule has 0 aliphatic carbocycles. The zero-order valence-electron chi connectivity index (χ0n) is 16.7. The monoisotopic (exact) mass is 458 g/mol. The highest BCUT2D eigenvalue weighted by Crippen LogP contribution is 2.33. The number of hydrogen-bond acceptors (Lipinski definition) is 4. The average Bonchev–Trinajstić information content (AvgIpc) is 2.64. The van der Waals surface area contributed by atoms with Gasteiger partial charge in [0.05, 0.1) is 24.3 Å². The fourth-order valence-corrected chi connectivity index (χ4v) is 2.91. The van der Waals surface area contributed by atoms with E-state index in [1.54, 1.807) is 12.1 Å². The van der Waals surface area contributed by atoms with Gasteiger partial charge >= 0.3 is 0 Å². The largest absolute Gasteiger partial charge is 0.493 e. The number of ether oxygens (including phenoxy) is 4. The second kappa shape index (κ2) is 12.1. The van der Waals surface area contributed by atoms with Crippen molar-refractivity contribution in [3.05, 3.63) is 57.6 Å². The van der Waals surface area contributed by atoms with Crippen LogP contribution in [0.15, 0.2) is 47.0 Å². The Kier molecular flexibility index (Phi) is 9.79. The third-order valence-corrected chi connectivity index (χ3v) is 4.28. The van der Waals surface area contributed by atoms with Crippen LogP contribution in [0, 0.1) is 6.92 Å². The molecule has 0 atom stereocenters. The summed E-state index contributed by atoms with van der Waals surface area (Å²) in [4.78, 5) is 0. The van der Waals surface area contributed by atoms with Gasteiger partial charge in [-0.25, -0.2) is 0 Å². The number of halogens is 3. The van der Waals surface area contributed by atoms with Crippen molar-refractivity contribution >= 4 is 34.8 Å². The van der Waals surface area contributed by atoms with E-state index in [1.165, 1.54) is 0 Å². The van der Waals surface area contributed by atoms with Crippen molar-refractivity contribution in [2.75, 3.05) is 19.8 Å². The first-order chi connectivity index (χ1) is 13.8. The third-order valence-electron chi connectivity index (χ3n) is 3.69. The van der Waals surface area contributed by atoms with E-state index in [0.717, 1.165) is 23.5 Å². The summed E-state index contributed by atoms with van der Waals surface area (Å²) in [6, 6.07) is 11.1. The van der Waals surface area contributed by atoms with Crippen molar-refractivity contribution < 1.29 is 18.9 Å². The molecule has 2 aromatic rings. The maximum absolute atomic E-state index is 6.32. The van der Waals surface area contributed by atoms with Crippen molar-refractivity contribution in [2.45, 2.75) is 33.3 Å². The highest BCUT2D eigenvalue weighted by molar-refractivity contribution is 6.55. The van der Waals surface area contributed by atoms with Crippen molar-refractivity contribution in [1.29, 1.82) is 0 Å². The molecule has 0 aliphatic heterocycles. The zero-order valence-corrected chi connectivity index (χ0v) is 19.0. The molecule has 0 fully saturated rings. The molecule has 2 rings (SSSR count). The minimum atomic E-state index is 0.149. The normalized spacial score (nSPS) is 10.6. The lowest BCUT2D eigenvalue weighted by Gasteiger charge is -2.14. The zero-order chi connectivity index (χ0) is 21.2. The van der Waals surface area contributed by atoms with Crippen LogP contribution >= 0.6 is 34.8 Å². The minimum Gasteiger partial charge on any atom is -0.493 e. The second-order valence-corrected chi connectivity index (χ2v) is 7.96. The summed E-state index contributed by atoms with van der Waals surface area (Å²) in [7, 11) is 0. The number of hydrogen-bond donors (Lipinski definition) is 0. The molecule has 158 valence electrons. The van der Waals surface area contributed by atoms with Crippen LogP contribution in [0.3, 0.4) is 0 Å². The Morgan fingerprint density at radius 2 is 1.59 bits per heavy atom. The first kappa shape index (κ1) is 23.5. The molecule has 0 amide bonds. The van der Waals surface area contributed by atoms with Gasteiger partial charge in [0.15, 0.2) is 0 Å². The van der Waals surface area contributed by atoms with Crippen LogP contribution in [-0.2, 0) is 0 Å². The Labute approximate surface area is 187 Å². The van der Waals surface area contributed by atoms with E-state index in [0.29, 0.717) is 29.7 Å². The Bertz CT molecular complexity index is 777. The maximum atomic E-state index is 6.32. The topological polar surface area (TPSA) is 36.9 Å². The van der Waals surface area contributed by atoms with E-state index in [2.05, 4.69) is 0 Å². The predicted molar refractivity (Wildman–Crippen MR) is 119 cm³/mol. The van der Waals surface area contributed by atoms with Gasteiger partial charge in [-0.2, -0.15) is 0 Å². The predicted octanol–water partition coefficient (Wildman–Crippen LogP) is 6.98. The highest BCUT2D eigenvalue weighted by Gasteiger charge is 2.09. The van der Waals surface area contributed by atoms with Crippen LogP contribution in [0.2, 0.25) is 5.02 Å². The molecule has 0 saturated carbocycles. The van der Waals surface area contributed by atoms with E-state index in [9.17, 15) is 0 Å². The van der Waals surface area contributed by atoms with E-state index in [4.69, 9.17) is 53.8 Å². The van der Waals surface area contributed by atoms with Gasteiger partial charge in [-0.1, -0.05) is 34.8 Å². The van der Waals surface area contributed by atoms with Crippen LogP contribution in [0.5, 0.6) is 23.0 Å². The van der Waals surface area contributed by atoms with Crippen LogP contribution in [0.25, 0.3) is 0 Å². The molecular formula is C22H25Cl3O4. The average molecular weight is 460 g/mol. The standard InChI is InChI=1S/C22H25Cl3O4/c1-15(2)29-18-7-5-17(6-8-18)26-10-4-11-28-22-16(3)13-19(14-20(22)23)27-12-9-21(24)25/h5-9,13-15H,4,10-12H2,1-3H3. The van der Waals surface area contributed by atoms with Crippen LogP contribution in [0.4, 0.5) is 0 Å². The van der Waals surface area contributed by atoms with Crippen molar-refractivity contribution in [3.8, 4) is 23.0 Å². The SMILES string of the molecule is Cc1cc(OCC=C(Cl)Cl)cc(Cl)c1OCCCOc1ccc(OC(C)C)cc1. The lowest BCUT2D eigenvalue weighted by Crippen LogP contribution is -2.07. The third kappa shape index (κ3) is 8.65. The summed E-state index contributed by atoms with van der Waals surface area (Å²) in [5, 5.41) is 0.489. The molecule has 0 unspecified atom stereocenters. The van der Waals surface area contributed by atoms with Crippen LogP contribution in [0.1, 0.15) is 25.8 Å². The van der Waals surface area contributed by atoms with Gasteiger partial charge in [-0.15, -0.1) is 0 Å². The Balaban J connectivity index is 1.76. The van der Waals surface area contributed by atoms with Crippen molar-refractivity contribution in [1.82, 2.24) is 0 Å². The molecule has 0 saturated heterocycles. The van der Waals surface area contributed by atoms with Gasteiger partial charge in [-0.3, -0.25) is 0 Å². The van der Waals surface area contributed by atoms with Gasteiger partial charge in [-0.05, 0) is 62.7 Å². The molecule has 0 aliphatic rings. The molecular weight excluding hydrogens is 435 g/mol. The second-order valence-electron chi connectivity index (χ2n) is 6.54. The van der Waals surface area contributed by atoms with Gasteiger partial charge in [0.2, 0.25) is 0 Å². The van der Waals surface area contributed by atoms with Crippen molar-refractivity contribution in [2.24, 2.45) is 0 Å². The summed E-state index contributed by atoms with van der Waals surface area (Å²) in [5.74, 6) is 2.89. The molecule has 0 aromatic heterocycles.